The molecular formula is C21H19N3O4. The van der Waals surface area contributed by atoms with Crippen LogP contribution < -0.4 is 5.32 Å². The standard InChI is InChI=1S/C21H19N3O4/c1-28-19(26)17-10-21(27)14-7-3-5-9-16(14)23-20(21)24(17)18(25)13-11-22-15-8-4-2-6-12(13)15/h2-9,11,17,20,22-23,27H,10H2,1H3/t17-,20-,21+/m0/s1. The second kappa shape index (κ2) is 5.84. The van der Waals surface area contributed by atoms with Crippen molar-refractivity contribution in [2.75, 3.05) is 12.4 Å². The maximum atomic E-state index is 13.5. The Morgan fingerprint density at radius 1 is 1.18 bits per heavy atom. The summed E-state index contributed by atoms with van der Waals surface area (Å²) < 4.78 is 4.94. The lowest BCUT2D eigenvalue weighted by Gasteiger charge is -2.30. The molecule has 142 valence electrons. The molecule has 0 unspecified atom stereocenters. The average Bonchev–Trinajstić information content (AvgIpc) is 3.35. The number of esters is 1. The first-order valence-electron chi connectivity index (χ1n) is 9.09. The number of H-pyrrole nitrogens is 1. The molecule has 3 N–H and O–H groups in total. The van der Waals surface area contributed by atoms with Crippen molar-refractivity contribution in [3.63, 3.8) is 0 Å². The van der Waals surface area contributed by atoms with Crippen LogP contribution in [0.5, 0.6) is 0 Å². The van der Waals surface area contributed by atoms with Crippen LogP contribution in [-0.4, -0.2) is 46.2 Å². The van der Waals surface area contributed by atoms with Crippen LogP contribution in [-0.2, 0) is 15.1 Å². The molecule has 1 saturated heterocycles. The summed E-state index contributed by atoms with van der Waals surface area (Å²) in [5.74, 6) is -0.885. The fourth-order valence-corrected chi connectivity index (χ4v) is 4.47. The highest BCUT2D eigenvalue weighted by Gasteiger charge is 2.60. The molecule has 2 aliphatic heterocycles. The molecule has 3 atom stereocenters. The number of hydrogen-bond donors (Lipinski definition) is 3. The second-order valence-electron chi connectivity index (χ2n) is 7.22. The van der Waals surface area contributed by atoms with Gasteiger partial charge in [0.05, 0.1) is 12.7 Å². The lowest BCUT2D eigenvalue weighted by molar-refractivity contribution is -0.145. The Balaban J connectivity index is 1.62. The minimum Gasteiger partial charge on any atom is -0.467 e. The monoisotopic (exact) mass is 377 g/mol. The number of aromatic nitrogens is 1. The number of ether oxygens (including phenoxy) is 1. The van der Waals surface area contributed by atoms with Crippen LogP contribution in [0, 0.1) is 0 Å². The van der Waals surface area contributed by atoms with Gasteiger partial charge in [0.15, 0.2) is 0 Å². The number of methoxy groups -OCH3 is 1. The fraction of sp³-hybridized carbons (Fsp3) is 0.238. The van der Waals surface area contributed by atoms with Gasteiger partial charge in [-0.1, -0.05) is 36.4 Å². The second-order valence-corrected chi connectivity index (χ2v) is 7.22. The van der Waals surface area contributed by atoms with Crippen molar-refractivity contribution in [3.8, 4) is 0 Å². The van der Waals surface area contributed by atoms with E-state index in [1.807, 2.05) is 48.5 Å². The minimum absolute atomic E-state index is 0.0719. The average molecular weight is 377 g/mol. The van der Waals surface area contributed by atoms with Crippen molar-refractivity contribution in [3.05, 3.63) is 65.9 Å². The van der Waals surface area contributed by atoms with Gasteiger partial charge in [-0.25, -0.2) is 4.79 Å². The Morgan fingerprint density at radius 3 is 2.75 bits per heavy atom. The number of fused-ring (bicyclic) bond motifs is 4. The van der Waals surface area contributed by atoms with Crippen LogP contribution in [0.2, 0.25) is 0 Å². The first kappa shape index (κ1) is 16.8. The first-order chi connectivity index (χ1) is 13.5. The van der Waals surface area contributed by atoms with Crippen LogP contribution in [0.15, 0.2) is 54.7 Å². The van der Waals surface area contributed by atoms with Crippen LogP contribution in [0.3, 0.4) is 0 Å². The number of carbonyl (C=O) groups is 2. The van der Waals surface area contributed by atoms with Gasteiger partial charge in [0, 0.05) is 34.8 Å². The quantitative estimate of drug-likeness (QED) is 0.595. The van der Waals surface area contributed by atoms with Crippen molar-refractivity contribution < 1.29 is 19.4 Å². The van der Waals surface area contributed by atoms with Crippen molar-refractivity contribution in [1.82, 2.24) is 9.88 Å². The molecule has 5 rings (SSSR count). The number of likely N-dealkylation sites (tertiary alicyclic amines) is 1. The number of para-hydroxylation sites is 2. The molecular weight excluding hydrogens is 358 g/mol. The predicted octanol–water partition coefficient (Wildman–Crippen LogP) is 2.19. The third kappa shape index (κ3) is 2.13. The molecule has 7 heteroatoms. The Kier molecular flexibility index (Phi) is 3.51. The number of carbonyl (C=O) groups excluding carboxylic acids is 2. The Hall–Kier alpha value is -3.32. The zero-order chi connectivity index (χ0) is 19.5. The summed E-state index contributed by atoms with van der Waals surface area (Å²) in [6.45, 7) is 0. The molecule has 2 aliphatic rings. The zero-order valence-corrected chi connectivity index (χ0v) is 15.2. The zero-order valence-electron chi connectivity index (χ0n) is 15.2. The summed E-state index contributed by atoms with van der Waals surface area (Å²) in [5, 5.41) is 15.4. The first-order valence-corrected chi connectivity index (χ1v) is 9.09. The van der Waals surface area contributed by atoms with Crippen LogP contribution in [0.4, 0.5) is 5.69 Å². The normalized spacial score (nSPS) is 25.3. The molecule has 0 bridgehead atoms. The number of amides is 1. The third-order valence-corrected chi connectivity index (χ3v) is 5.78. The summed E-state index contributed by atoms with van der Waals surface area (Å²) in [7, 11) is 1.29. The molecule has 2 aromatic carbocycles. The number of aliphatic hydroxyl groups is 1. The van der Waals surface area contributed by atoms with E-state index in [0.717, 1.165) is 16.6 Å². The Labute approximate surface area is 160 Å². The van der Waals surface area contributed by atoms with Crippen LogP contribution in [0.25, 0.3) is 10.9 Å². The maximum absolute atomic E-state index is 13.5. The molecule has 0 aliphatic carbocycles. The van der Waals surface area contributed by atoms with Crippen molar-refractivity contribution in [1.29, 1.82) is 0 Å². The lowest BCUT2D eigenvalue weighted by atomic mass is 9.91. The summed E-state index contributed by atoms with van der Waals surface area (Å²) in [5.41, 5.74) is 1.36. The lowest BCUT2D eigenvalue weighted by Crippen LogP contribution is -2.50. The van der Waals surface area contributed by atoms with Crippen LogP contribution >= 0.6 is 0 Å². The molecule has 3 aromatic rings. The Bertz CT molecular complexity index is 1110. The summed E-state index contributed by atoms with van der Waals surface area (Å²) in [6.07, 6.45) is 0.957. The van der Waals surface area contributed by atoms with E-state index in [-0.39, 0.29) is 12.3 Å². The van der Waals surface area contributed by atoms with Crippen LogP contribution in [0.1, 0.15) is 22.3 Å². The highest BCUT2D eigenvalue weighted by atomic mass is 16.5. The smallest absolute Gasteiger partial charge is 0.328 e. The van der Waals surface area contributed by atoms with Gasteiger partial charge in [0.25, 0.3) is 5.91 Å². The molecule has 1 amide bonds. The van der Waals surface area contributed by atoms with Crippen molar-refractivity contribution in [2.24, 2.45) is 0 Å². The van der Waals surface area contributed by atoms with Gasteiger partial charge in [-0.2, -0.15) is 0 Å². The van der Waals surface area contributed by atoms with E-state index in [4.69, 9.17) is 4.74 Å². The fourth-order valence-electron chi connectivity index (χ4n) is 4.47. The predicted molar refractivity (Wildman–Crippen MR) is 103 cm³/mol. The molecule has 1 fully saturated rings. The molecule has 0 saturated carbocycles. The summed E-state index contributed by atoms with van der Waals surface area (Å²) >= 11 is 0. The van der Waals surface area contributed by atoms with E-state index in [1.54, 1.807) is 6.20 Å². The van der Waals surface area contributed by atoms with Gasteiger partial charge in [0.1, 0.15) is 17.8 Å². The van der Waals surface area contributed by atoms with E-state index in [2.05, 4.69) is 10.3 Å². The summed E-state index contributed by atoms with van der Waals surface area (Å²) in [6, 6.07) is 13.9. The van der Waals surface area contributed by atoms with E-state index in [9.17, 15) is 14.7 Å². The third-order valence-electron chi connectivity index (χ3n) is 5.78. The van der Waals surface area contributed by atoms with E-state index >= 15 is 0 Å². The molecule has 0 spiro atoms. The highest BCUT2D eigenvalue weighted by molar-refractivity contribution is 6.08. The van der Waals surface area contributed by atoms with E-state index < -0.39 is 23.8 Å². The van der Waals surface area contributed by atoms with Crippen molar-refractivity contribution in [2.45, 2.75) is 24.2 Å². The number of rotatable bonds is 2. The van der Waals surface area contributed by atoms with Gasteiger partial charge >= 0.3 is 5.97 Å². The number of benzene rings is 2. The van der Waals surface area contributed by atoms with Gasteiger partial charge in [-0.3, -0.25) is 4.79 Å². The number of nitrogens with one attached hydrogen (secondary N) is 2. The molecule has 7 nitrogen and oxygen atoms in total. The number of aromatic amines is 1. The number of anilines is 1. The number of hydrogen-bond acceptors (Lipinski definition) is 5. The summed E-state index contributed by atoms with van der Waals surface area (Å²) in [4.78, 5) is 30.5. The number of nitrogens with zero attached hydrogens (tertiary/aromatic N) is 1. The Morgan fingerprint density at radius 2 is 1.93 bits per heavy atom. The highest BCUT2D eigenvalue weighted by Crippen LogP contribution is 2.49. The SMILES string of the molecule is COC(=O)[C@@H]1C[C@@]2(O)c3ccccc3N[C@H]2N1C(=O)c1c[nH]c2ccccc12. The molecule has 1 aromatic heterocycles. The maximum Gasteiger partial charge on any atom is 0.328 e. The topological polar surface area (TPSA) is 94.7 Å². The van der Waals surface area contributed by atoms with Crippen molar-refractivity contribution >= 4 is 28.5 Å². The minimum atomic E-state index is -1.36. The largest absolute Gasteiger partial charge is 0.467 e. The van der Waals surface area contributed by atoms with Gasteiger partial charge < -0.3 is 25.0 Å². The van der Waals surface area contributed by atoms with E-state index in [0.29, 0.717) is 11.1 Å². The van der Waals surface area contributed by atoms with Gasteiger partial charge in [0.2, 0.25) is 0 Å². The molecule has 28 heavy (non-hydrogen) atoms. The molecule has 3 heterocycles. The van der Waals surface area contributed by atoms with Gasteiger partial charge in [-0.15, -0.1) is 0 Å². The van der Waals surface area contributed by atoms with E-state index in [1.165, 1.54) is 12.0 Å². The van der Waals surface area contributed by atoms with Gasteiger partial charge in [-0.05, 0) is 12.1 Å². The molecule has 0 radical (unpaired) electrons.